The van der Waals surface area contributed by atoms with E-state index in [-0.39, 0.29) is 12.1 Å². The third kappa shape index (κ3) is 3.74. The molecule has 1 aliphatic heterocycles. The number of rotatable bonds is 3. The van der Waals surface area contributed by atoms with Crippen LogP contribution in [-0.2, 0) is 24.2 Å². The van der Waals surface area contributed by atoms with Gasteiger partial charge in [-0.3, -0.25) is 4.68 Å². The first-order valence-electron chi connectivity index (χ1n) is 7.06. The predicted molar refractivity (Wildman–Crippen MR) is 75.2 cm³/mol. The van der Waals surface area contributed by atoms with Crippen LogP contribution < -0.4 is 5.32 Å². The van der Waals surface area contributed by atoms with Crippen molar-refractivity contribution in [3.63, 3.8) is 0 Å². The van der Waals surface area contributed by atoms with Gasteiger partial charge in [-0.2, -0.15) is 5.10 Å². The smallest absolute Gasteiger partial charge is 0.407 e. The molecule has 1 aromatic heterocycles. The van der Waals surface area contributed by atoms with Crippen molar-refractivity contribution in [1.29, 1.82) is 0 Å². The van der Waals surface area contributed by atoms with Gasteiger partial charge in [0.1, 0.15) is 11.2 Å². The van der Waals surface area contributed by atoms with E-state index in [1.54, 1.807) is 25.5 Å². The molecule has 0 saturated carbocycles. The van der Waals surface area contributed by atoms with Crippen LogP contribution in [0.25, 0.3) is 0 Å². The first-order chi connectivity index (χ1) is 9.78. The number of carboxylic acids is 1. The lowest BCUT2D eigenvalue weighted by molar-refractivity contribution is 0.0520. The summed E-state index contributed by atoms with van der Waals surface area (Å²) in [6.07, 6.45) is 2.09. The summed E-state index contributed by atoms with van der Waals surface area (Å²) in [4.78, 5) is 23.1. The van der Waals surface area contributed by atoms with Crippen LogP contribution in [-0.4, -0.2) is 32.6 Å². The average Bonchev–Trinajstić information content (AvgIpc) is 2.72. The van der Waals surface area contributed by atoms with Crippen molar-refractivity contribution >= 4 is 12.1 Å². The lowest BCUT2D eigenvalue weighted by atomic mass is 10.0. The summed E-state index contributed by atoms with van der Waals surface area (Å²) in [5.74, 6) is -1.00. The molecule has 1 aromatic rings. The van der Waals surface area contributed by atoms with Crippen LogP contribution in [0.2, 0.25) is 0 Å². The number of aromatic carboxylic acids is 1. The summed E-state index contributed by atoms with van der Waals surface area (Å²) in [6.45, 7) is 6.08. The van der Waals surface area contributed by atoms with E-state index in [1.165, 1.54) is 0 Å². The van der Waals surface area contributed by atoms with Crippen LogP contribution in [0, 0.1) is 0 Å². The quantitative estimate of drug-likeness (QED) is 0.889. The van der Waals surface area contributed by atoms with Gasteiger partial charge in [0.2, 0.25) is 0 Å². The minimum Gasteiger partial charge on any atom is -0.478 e. The summed E-state index contributed by atoms with van der Waals surface area (Å²) in [5.41, 5.74) is 0.749. The van der Waals surface area contributed by atoms with Gasteiger partial charge in [0.05, 0.1) is 17.9 Å². The zero-order valence-electron chi connectivity index (χ0n) is 12.6. The SMILES string of the molecule is CC(C)(C)OC(=O)NCc1nn2c(c1C(=O)O)CCCC2. The van der Waals surface area contributed by atoms with E-state index in [2.05, 4.69) is 10.4 Å². The topological polar surface area (TPSA) is 93.5 Å². The molecule has 0 bridgehead atoms. The van der Waals surface area contributed by atoms with Crippen molar-refractivity contribution in [2.75, 3.05) is 0 Å². The summed E-state index contributed by atoms with van der Waals surface area (Å²) in [5, 5.41) is 16.2. The lowest BCUT2D eigenvalue weighted by Crippen LogP contribution is -2.32. The van der Waals surface area contributed by atoms with E-state index in [0.29, 0.717) is 12.1 Å². The van der Waals surface area contributed by atoms with Crippen LogP contribution in [0.15, 0.2) is 0 Å². The maximum Gasteiger partial charge on any atom is 0.407 e. The molecular formula is C14H21N3O4. The second kappa shape index (κ2) is 5.75. The number of aryl methyl sites for hydroxylation is 1. The summed E-state index contributed by atoms with van der Waals surface area (Å²) in [6, 6.07) is 0. The number of alkyl carbamates (subject to hydrolysis) is 1. The Morgan fingerprint density at radius 2 is 2.10 bits per heavy atom. The number of fused-ring (bicyclic) bond motifs is 1. The van der Waals surface area contributed by atoms with Crippen LogP contribution in [0.3, 0.4) is 0 Å². The maximum atomic E-state index is 11.6. The van der Waals surface area contributed by atoms with Gasteiger partial charge in [-0.15, -0.1) is 0 Å². The van der Waals surface area contributed by atoms with Crippen molar-refractivity contribution in [1.82, 2.24) is 15.1 Å². The Morgan fingerprint density at radius 3 is 2.71 bits per heavy atom. The van der Waals surface area contributed by atoms with Gasteiger partial charge in [0.25, 0.3) is 0 Å². The zero-order chi connectivity index (χ0) is 15.6. The van der Waals surface area contributed by atoms with Gasteiger partial charge in [-0.1, -0.05) is 0 Å². The molecule has 2 N–H and O–H groups in total. The Bertz CT molecular complexity index is 557. The van der Waals surface area contributed by atoms with Crippen molar-refractivity contribution in [2.45, 2.75) is 58.7 Å². The van der Waals surface area contributed by atoms with E-state index in [9.17, 15) is 14.7 Å². The third-order valence-corrected chi connectivity index (χ3v) is 3.18. The van der Waals surface area contributed by atoms with Gasteiger partial charge in [0.15, 0.2) is 0 Å². The van der Waals surface area contributed by atoms with Gasteiger partial charge in [-0.05, 0) is 40.0 Å². The first kappa shape index (κ1) is 15.3. The highest BCUT2D eigenvalue weighted by Gasteiger charge is 2.25. The van der Waals surface area contributed by atoms with E-state index < -0.39 is 17.7 Å². The normalized spacial score (nSPS) is 14.4. The molecule has 21 heavy (non-hydrogen) atoms. The van der Waals surface area contributed by atoms with Gasteiger partial charge < -0.3 is 15.2 Å². The number of aromatic nitrogens is 2. The van der Waals surface area contributed by atoms with Crippen LogP contribution >= 0.6 is 0 Å². The minimum absolute atomic E-state index is 0.0521. The number of nitrogens with zero attached hydrogens (tertiary/aromatic N) is 2. The number of amides is 1. The van der Waals surface area contributed by atoms with Crippen molar-refractivity contribution in [3.05, 3.63) is 17.0 Å². The molecule has 1 amide bonds. The van der Waals surface area contributed by atoms with Crippen LogP contribution in [0.1, 0.15) is 55.4 Å². The van der Waals surface area contributed by atoms with Crippen LogP contribution in [0.5, 0.6) is 0 Å². The molecule has 0 atom stereocenters. The Labute approximate surface area is 123 Å². The van der Waals surface area contributed by atoms with Gasteiger partial charge >= 0.3 is 12.1 Å². The fourth-order valence-electron chi connectivity index (χ4n) is 2.39. The van der Waals surface area contributed by atoms with Crippen LogP contribution in [0.4, 0.5) is 4.79 Å². The number of nitrogens with one attached hydrogen (secondary N) is 1. The van der Waals surface area contributed by atoms with Crippen molar-refractivity contribution in [2.24, 2.45) is 0 Å². The number of ether oxygens (including phenoxy) is 1. The van der Waals surface area contributed by atoms with E-state index in [0.717, 1.165) is 25.1 Å². The number of hydrogen-bond acceptors (Lipinski definition) is 4. The second-order valence-corrected chi connectivity index (χ2v) is 6.11. The molecule has 1 aliphatic rings. The van der Waals surface area contributed by atoms with E-state index in [4.69, 9.17) is 4.74 Å². The number of hydrogen-bond donors (Lipinski definition) is 2. The van der Waals surface area contributed by atoms with E-state index in [1.807, 2.05) is 0 Å². The molecule has 7 nitrogen and oxygen atoms in total. The molecule has 116 valence electrons. The summed E-state index contributed by atoms with van der Waals surface area (Å²) >= 11 is 0. The molecule has 0 aromatic carbocycles. The Hall–Kier alpha value is -2.05. The van der Waals surface area contributed by atoms with E-state index >= 15 is 0 Å². The molecule has 2 rings (SSSR count). The number of carboxylic acid groups (broad SMARTS) is 1. The predicted octanol–water partition coefficient (Wildman–Crippen LogP) is 1.94. The van der Waals surface area contributed by atoms with Crippen molar-refractivity contribution < 1.29 is 19.4 Å². The highest BCUT2D eigenvalue weighted by Crippen LogP contribution is 2.22. The first-order valence-corrected chi connectivity index (χ1v) is 7.06. The minimum atomic E-state index is -1.00. The highest BCUT2D eigenvalue weighted by molar-refractivity contribution is 5.90. The highest BCUT2D eigenvalue weighted by atomic mass is 16.6. The summed E-state index contributed by atoms with van der Waals surface area (Å²) in [7, 11) is 0. The molecule has 0 spiro atoms. The monoisotopic (exact) mass is 295 g/mol. The fraction of sp³-hybridized carbons (Fsp3) is 0.643. The molecule has 0 radical (unpaired) electrons. The Morgan fingerprint density at radius 1 is 1.38 bits per heavy atom. The summed E-state index contributed by atoms with van der Waals surface area (Å²) < 4.78 is 6.86. The van der Waals surface area contributed by atoms with Crippen molar-refractivity contribution in [3.8, 4) is 0 Å². The third-order valence-electron chi connectivity index (χ3n) is 3.18. The molecule has 0 aliphatic carbocycles. The lowest BCUT2D eigenvalue weighted by Gasteiger charge is -2.19. The fourth-order valence-corrected chi connectivity index (χ4v) is 2.39. The van der Waals surface area contributed by atoms with Gasteiger partial charge in [0, 0.05) is 6.54 Å². The Balaban J connectivity index is 2.11. The standard InChI is InChI=1S/C14H21N3O4/c1-14(2,3)21-13(20)15-8-9-11(12(18)19)10-6-4-5-7-17(10)16-9/h4-8H2,1-3H3,(H,15,20)(H,18,19). The molecule has 0 unspecified atom stereocenters. The maximum absolute atomic E-state index is 11.6. The molecule has 0 fully saturated rings. The second-order valence-electron chi connectivity index (χ2n) is 6.11. The molecular weight excluding hydrogens is 274 g/mol. The Kier molecular flexibility index (Phi) is 4.20. The average molecular weight is 295 g/mol. The number of carbonyl (C=O) groups is 2. The molecule has 0 saturated heterocycles. The molecule has 2 heterocycles. The van der Waals surface area contributed by atoms with Gasteiger partial charge in [-0.25, -0.2) is 9.59 Å². The zero-order valence-corrected chi connectivity index (χ0v) is 12.6. The number of carbonyl (C=O) groups excluding carboxylic acids is 1. The largest absolute Gasteiger partial charge is 0.478 e. The molecule has 7 heteroatoms.